The molecule has 0 unspecified atom stereocenters. The molecular formula is C12H11NO4S. The second-order valence-corrected chi connectivity index (χ2v) is 5.58. The molecule has 94 valence electrons. The molecule has 0 aromatic heterocycles. The number of hydrogen-bond donors (Lipinski definition) is 1. The van der Waals surface area contributed by atoms with E-state index in [9.17, 15) is 13.2 Å². The molecule has 0 saturated heterocycles. The van der Waals surface area contributed by atoms with Crippen molar-refractivity contribution < 1.29 is 17.9 Å². The van der Waals surface area contributed by atoms with Crippen LogP contribution >= 0.6 is 0 Å². The number of ether oxygens (including phenoxy) is 1. The van der Waals surface area contributed by atoms with Crippen LogP contribution in [0, 0.1) is 6.92 Å². The van der Waals surface area contributed by atoms with Crippen LogP contribution in [0.3, 0.4) is 0 Å². The number of benzene rings is 1. The molecule has 1 aliphatic heterocycles. The number of carbonyl (C=O) groups excluding carboxylic acids is 1. The highest BCUT2D eigenvalue weighted by Gasteiger charge is 2.27. The van der Waals surface area contributed by atoms with Crippen molar-refractivity contribution in [1.29, 1.82) is 0 Å². The summed E-state index contributed by atoms with van der Waals surface area (Å²) in [7, 11) is -3.65. The summed E-state index contributed by atoms with van der Waals surface area (Å²) in [6.45, 7) is 1.78. The maximum absolute atomic E-state index is 11.8. The van der Waals surface area contributed by atoms with Crippen molar-refractivity contribution in [2.24, 2.45) is 5.73 Å². The fourth-order valence-electron chi connectivity index (χ4n) is 1.46. The van der Waals surface area contributed by atoms with Gasteiger partial charge in [-0.3, -0.25) is 0 Å². The average molecular weight is 265 g/mol. The predicted octanol–water partition coefficient (Wildman–Crippen LogP) is 1.01. The minimum atomic E-state index is -3.65. The second-order valence-electron chi connectivity index (χ2n) is 3.78. The van der Waals surface area contributed by atoms with Crippen LogP contribution in [-0.4, -0.2) is 14.4 Å². The van der Waals surface area contributed by atoms with Gasteiger partial charge in [0.2, 0.25) is 9.84 Å². The minimum Gasteiger partial charge on any atom is -0.423 e. The largest absolute Gasteiger partial charge is 0.423 e. The van der Waals surface area contributed by atoms with Crippen LogP contribution in [0.2, 0.25) is 0 Å². The molecule has 0 amide bonds. The second kappa shape index (κ2) is 4.30. The van der Waals surface area contributed by atoms with E-state index in [0.29, 0.717) is 5.75 Å². The summed E-state index contributed by atoms with van der Waals surface area (Å²) in [6, 6.07) is 6.92. The average Bonchev–Trinajstić information content (AvgIpc) is 2.58. The van der Waals surface area contributed by atoms with Crippen molar-refractivity contribution >= 4 is 15.8 Å². The van der Waals surface area contributed by atoms with Gasteiger partial charge >= 0.3 is 5.97 Å². The third-order valence-corrected chi connectivity index (χ3v) is 3.83. The lowest BCUT2D eigenvalue weighted by Crippen LogP contribution is -2.16. The molecule has 1 aromatic rings. The number of esters is 1. The van der Waals surface area contributed by atoms with Crippen LogP contribution in [0.15, 0.2) is 46.4 Å². The number of nitrogens with two attached hydrogens (primary N) is 1. The molecule has 0 fully saturated rings. The Morgan fingerprint density at radius 3 is 2.50 bits per heavy atom. The number of sulfone groups is 1. The Hall–Kier alpha value is -2.08. The van der Waals surface area contributed by atoms with E-state index in [2.05, 4.69) is 0 Å². The Balaban J connectivity index is 2.29. The molecule has 0 bridgehead atoms. The zero-order valence-electron chi connectivity index (χ0n) is 9.58. The monoisotopic (exact) mass is 265 g/mol. The number of carbonyl (C=O) groups is 1. The molecule has 0 aliphatic carbocycles. The normalized spacial score (nSPS) is 16.9. The van der Waals surface area contributed by atoms with E-state index in [-0.39, 0.29) is 5.57 Å². The van der Waals surface area contributed by atoms with Crippen LogP contribution in [-0.2, 0) is 14.6 Å². The summed E-state index contributed by atoms with van der Waals surface area (Å²) in [5.41, 5.74) is 6.01. The molecule has 1 aromatic carbocycles. The summed E-state index contributed by atoms with van der Waals surface area (Å²) >= 11 is 0. The van der Waals surface area contributed by atoms with E-state index >= 15 is 0 Å². The third kappa shape index (κ3) is 2.14. The van der Waals surface area contributed by atoms with E-state index < -0.39 is 20.8 Å². The quantitative estimate of drug-likeness (QED) is 0.637. The molecule has 0 spiro atoms. The lowest BCUT2D eigenvalue weighted by Gasteiger charge is -2.06. The Kier molecular flexibility index (Phi) is 2.96. The lowest BCUT2D eigenvalue weighted by molar-refractivity contribution is -0.129. The van der Waals surface area contributed by atoms with Crippen LogP contribution in [0.4, 0.5) is 0 Å². The minimum absolute atomic E-state index is 0.141. The standard InChI is InChI=1S/C12H11NO4S/c1-8-4-2-3-5-10(8)17-12(14)9-6-7-18(15,16)11(9)13/h2-7H,13H2,1H3. The zero-order valence-corrected chi connectivity index (χ0v) is 10.4. The van der Waals surface area contributed by atoms with Gasteiger partial charge in [0.25, 0.3) is 0 Å². The fraction of sp³-hybridized carbons (Fsp3) is 0.0833. The fourth-order valence-corrected chi connectivity index (χ4v) is 2.38. The number of hydrogen-bond acceptors (Lipinski definition) is 5. The Morgan fingerprint density at radius 1 is 1.28 bits per heavy atom. The molecule has 2 N–H and O–H groups in total. The molecule has 6 heteroatoms. The Morgan fingerprint density at radius 2 is 1.94 bits per heavy atom. The van der Waals surface area contributed by atoms with E-state index in [1.165, 1.54) is 0 Å². The summed E-state index contributed by atoms with van der Waals surface area (Å²) in [5, 5.41) is 0.414. The number of para-hydroxylation sites is 1. The first-order chi connectivity index (χ1) is 8.42. The zero-order chi connectivity index (χ0) is 13.3. The Bertz CT molecular complexity index is 671. The highest BCUT2D eigenvalue weighted by molar-refractivity contribution is 7.98. The molecule has 0 radical (unpaired) electrons. The van der Waals surface area contributed by atoms with Gasteiger partial charge in [0.05, 0.1) is 5.57 Å². The van der Waals surface area contributed by atoms with Gasteiger partial charge in [-0.2, -0.15) is 0 Å². The summed E-state index contributed by atoms with van der Waals surface area (Å²) in [6.07, 6.45) is 1.14. The smallest absolute Gasteiger partial charge is 0.346 e. The van der Waals surface area contributed by atoms with Crippen molar-refractivity contribution in [3.8, 4) is 5.75 Å². The SMILES string of the molecule is Cc1ccccc1OC(=O)C1=C(N)S(=O)(=O)C=C1. The first-order valence-corrected chi connectivity index (χ1v) is 6.67. The van der Waals surface area contributed by atoms with Gasteiger partial charge in [0.15, 0.2) is 0 Å². The van der Waals surface area contributed by atoms with Gasteiger partial charge in [-0.25, -0.2) is 13.2 Å². The highest BCUT2D eigenvalue weighted by Crippen LogP contribution is 2.22. The van der Waals surface area contributed by atoms with Crippen molar-refractivity contribution in [1.82, 2.24) is 0 Å². The van der Waals surface area contributed by atoms with E-state index in [4.69, 9.17) is 10.5 Å². The molecule has 0 saturated carbocycles. The predicted molar refractivity (Wildman–Crippen MR) is 66.1 cm³/mol. The van der Waals surface area contributed by atoms with Crippen LogP contribution in [0.25, 0.3) is 0 Å². The van der Waals surface area contributed by atoms with Gasteiger partial charge in [-0.1, -0.05) is 18.2 Å². The number of rotatable bonds is 2. The molecule has 5 nitrogen and oxygen atoms in total. The maximum Gasteiger partial charge on any atom is 0.346 e. The summed E-state index contributed by atoms with van der Waals surface area (Å²) in [5.74, 6) is -0.403. The van der Waals surface area contributed by atoms with Gasteiger partial charge in [0.1, 0.15) is 10.8 Å². The van der Waals surface area contributed by atoms with Crippen molar-refractivity contribution in [2.75, 3.05) is 0 Å². The van der Waals surface area contributed by atoms with Crippen LogP contribution in [0.5, 0.6) is 5.75 Å². The summed E-state index contributed by atoms with van der Waals surface area (Å²) in [4.78, 5) is 11.8. The topological polar surface area (TPSA) is 86.5 Å². The first-order valence-electron chi connectivity index (χ1n) is 5.12. The molecule has 0 atom stereocenters. The lowest BCUT2D eigenvalue weighted by atomic mass is 10.2. The molecule has 1 aliphatic rings. The van der Waals surface area contributed by atoms with E-state index in [1.54, 1.807) is 31.2 Å². The third-order valence-electron chi connectivity index (χ3n) is 2.50. The van der Waals surface area contributed by atoms with Crippen molar-refractivity contribution in [2.45, 2.75) is 6.92 Å². The van der Waals surface area contributed by atoms with Gasteiger partial charge in [0, 0.05) is 5.41 Å². The van der Waals surface area contributed by atoms with Crippen LogP contribution < -0.4 is 10.5 Å². The van der Waals surface area contributed by atoms with Gasteiger partial charge < -0.3 is 10.5 Å². The number of aryl methyl sites for hydroxylation is 1. The van der Waals surface area contributed by atoms with Gasteiger partial charge in [-0.15, -0.1) is 0 Å². The van der Waals surface area contributed by atoms with Crippen molar-refractivity contribution in [3.63, 3.8) is 0 Å². The Labute approximate surface area is 104 Å². The molecule has 2 rings (SSSR count). The molecule has 1 heterocycles. The van der Waals surface area contributed by atoms with E-state index in [0.717, 1.165) is 17.0 Å². The molecule has 18 heavy (non-hydrogen) atoms. The maximum atomic E-state index is 11.8. The van der Waals surface area contributed by atoms with Gasteiger partial charge in [-0.05, 0) is 24.6 Å². The van der Waals surface area contributed by atoms with E-state index in [1.807, 2.05) is 0 Å². The highest BCUT2D eigenvalue weighted by atomic mass is 32.2. The van der Waals surface area contributed by atoms with Crippen molar-refractivity contribution in [3.05, 3.63) is 51.9 Å². The first kappa shape index (κ1) is 12.4. The summed E-state index contributed by atoms with van der Waals surface area (Å²) < 4.78 is 27.7. The molecular weight excluding hydrogens is 254 g/mol. The van der Waals surface area contributed by atoms with Crippen LogP contribution in [0.1, 0.15) is 5.56 Å².